The lowest BCUT2D eigenvalue weighted by Crippen LogP contribution is -1.97. The number of ether oxygens (including phenoxy) is 1. The predicted octanol–water partition coefficient (Wildman–Crippen LogP) is 2.55. The van der Waals surface area contributed by atoms with E-state index in [1.54, 1.807) is 0 Å². The number of hydrogen-bond acceptors (Lipinski definition) is 2. The number of benzene rings is 1. The molecule has 1 rings (SSSR count). The molecule has 0 fully saturated rings. The standard InChI is InChI=1S/C8H5BrF2O2/c1-13-6-2-5(10)7(9)4(3-12)8(6)11/h2-3H,1H3. The molecule has 0 saturated carbocycles. The molecule has 0 saturated heterocycles. The van der Waals surface area contributed by atoms with E-state index in [1.807, 2.05) is 0 Å². The molecular weight excluding hydrogens is 246 g/mol. The molecule has 0 heterocycles. The molecule has 1 aromatic rings. The third-order valence-corrected chi connectivity index (χ3v) is 2.30. The first kappa shape index (κ1) is 10.1. The zero-order valence-corrected chi connectivity index (χ0v) is 8.19. The van der Waals surface area contributed by atoms with Crippen molar-refractivity contribution in [2.45, 2.75) is 0 Å². The molecular formula is C8H5BrF2O2. The molecule has 0 spiro atoms. The highest BCUT2D eigenvalue weighted by molar-refractivity contribution is 9.10. The Hall–Kier alpha value is -0.970. The minimum absolute atomic E-state index is 0.194. The minimum atomic E-state index is -0.870. The molecule has 0 aromatic heterocycles. The molecule has 70 valence electrons. The van der Waals surface area contributed by atoms with Crippen molar-refractivity contribution in [3.8, 4) is 5.75 Å². The molecule has 1 aromatic carbocycles. The van der Waals surface area contributed by atoms with Crippen LogP contribution in [-0.2, 0) is 0 Å². The summed E-state index contributed by atoms with van der Waals surface area (Å²) in [4.78, 5) is 10.4. The second kappa shape index (κ2) is 3.83. The molecule has 0 unspecified atom stereocenters. The van der Waals surface area contributed by atoms with E-state index in [-0.39, 0.29) is 22.1 Å². The van der Waals surface area contributed by atoms with Gasteiger partial charge in [0.25, 0.3) is 0 Å². The number of methoxy groups -OCH3 is 1. The summed E-state index contributed by atoms with van der Waals surface area (Å²) in [7, 11) is 1.19. The van der Waals surface area contributed by atoms with Crippen LogP contribution in [0.3, 0.4) is 0 Å². The van der Waals surface area contributed by atoms with Gasteiger partial charge in [0.05, 0.1) is 17.1 Å². The summed E-state index contributed by atoms with van der Waals surface area (Å²) < 4.78 is 30.4. The molecule has 0 atom stereocenters. The Morgan fingerprint density at radius 2 is 2.15 bits per heavy atom. The first-order valence-corrected chi connectivity index (χ1v) is 4.07. The van der Waals surface area contributed by atoms with Crippen LogP contribution in [0.2, 0.25) is 0 Å². The minimum Gasteiger partial charge on any atom is -0.494 e. The number of carbonyl (C=O) groups is 1. The second-order valence-corrected chi connectivity index (χ2v) is 3.01. The SMILES string of the molecule is COc1cc(F)c(Br)c(C=O)c1F. The molecule has 0 aliphatic heterocycles. The van der Waals surface area contributed by atoms with E-state index in [0.29, 0.717) is 0 Å². The summed E-state index contributed by atoms with van der Waals surface area (Å²) in [6.07, 6.45) is 0.227. The lowest BCUT2D eigenvalue weighted by molar-refractivity contribution is 0.111. The number of hydrogen-bond donors (Lipinski definition) is 0. The van der Waals surface area contributed by atoms with Crippen molar-refractivity contribution in [2.24, 2.45) is 0 Å². The maximum absolute atomic E-state index is 13.2. The Morgan fingerprint density at radius 3 is 2.62 bits per heavy atom. The fourth-order valence-corrected chi connectivity index (χ4v) is 1.23. The molecule has 5 heteroatoms. The van der Waals surface area contributed by atoms with Gasteiger partial charge in [-0.3, -0.25) is 4.79 Å². The average Bonchev–Trinajstić information content (AvgIpc) is 2.12. The van der Waals surface area contributed by atoms with Gasteiger partial charge in [0.1, 0.15) is 5.82 Å². The summed E-state index contributed by atoms with van der Waals surface area (Å²) in [6.45, 7) is 0. The van der Waals surface area contributed by atoms with Gasteiger partial charge in [-0.05, 0) is 15.9 Å². The van der Waals surface area contributed by atoms with Crippen molar-refractivity contribution in [2.75, 3.05) is 7.11 Å². The predicted molar refractivity (Wildman–Crippen MR) is 46.0 cm³/mol. The Labute approximate surface area is 81.6 Å². The van der Waals surface area contributed by atoms with E-state index >= 15 is 0 Å². The largest absolute Gasteiger partial charge is 0.494 e. The van der Waals surface area contributed by atoms with Gasteiger partial charge >= 0.3 is 0 Å². The molecule has 0 amide bonds. The summed E-state index contributed by atoms with van der Waals surface area (Å²) in [5.41, 5.74) is -0.378. The lowest BCUT2D eigenvalue weighted by Gasteiger charge is -2.05. The Morgan fingerprint density at radius 1 is 1.54 bits per heavy atom. The highest BCUT2D eigenvalue weighted by Crippen LogP contribution is 2.29. The van der Waals surface area contributed by atoms with Crippen LogP contribution in [0.25, 0.3) is 0 Å². The maximum Gasteiger partial charge on any atom is 0.176 e. The van der Waals surface area contributed by atoms with Crippen LogP contribution in [0, 0.1) is 11.6 Å². The van der Waals surface area contributed by atoms with Gasteiger partial charge in [-0.2, -0.15) is 0 Å². The van der Waals surface area contributed by atoms with Gasteiger partial charge in [0, 0.05) is 6.07 Å². The monoisotopic (exact) mass is 250 g/mol. The summed E-state index contributed by atoms with van der Waals surface area (Å²) >= 11 is 2.75. The Bertz CT molecular complexity index is 352. The number of carbonyl (C=O) groups excluding carboxylic acids is 1. The normalized spacial score (nSPS) is 9.85. The molecule has 0 aliphatic rings. The molecule has 13 heavy (non-hydrogen) atoms. The van der Waals surface area contributed by atoms with Gasteiger partial charge in [-0.1, -0.05) is 0 Å². The van der Waals surface area contributed by atoms with Crippen LogP contribution in [0.15, 0.2) is 10.5 Å². The fraction of sp³-hybridized carbons (Fsp3) is 0.125. The van der Waals surface area contributed by atoms with Crippen LogP contribution < -0.4 is 4.74 Å². The topological polar surface area (TPSA) is 26.3 Å². The highest BCUT2D eigenvalue weighted by atomic mass is 79.9. The van der Waals surface area contributed by atoms with Crippen molar-refractivity contribution in [3.63, 3.8) is 0 Å². The molecule has 0 aliphatic carbocycles. The van der Waals surface area contributed by atoms with Crippen molar-refractivity contribution in [3.05, 3.63) is 27.7 Å². The number of aldehydes is 1. The van der Waals surface area contributed by atoms with E-state index in [9.17, 15) is 13.6 Å². The molecule has 0 N–H and O–H groups in total. The van der Waals surface area contributed by atoms with E-state index in [1.165, 1.54) is 7.11 Å². The van der Waals surface area contributed by atoms with Crippen molar-refractivity contribution in [1.29, 1.82) is 0 Å². The first-order chi connectivity index (χ1) is 6.11. The lowest BCUT2D eigenvalue weighted by atomic mass is 10.2. The molecule has 0 radical (unpaired) electrons. The van der Waals surface area contributed by atoms with Crippen molar-refractivity contribution >= 4 is 22.2 Å². The third-order valence-electron chi connectivity index (χ3n) is 1.49. The highest BCUT2D eigenvalue weighted by Gasteiger charge is 2.16. The van der Waals surface area contributed by atoms with Gasteiger partial charge in [0.2, 0.25) is 0 Å². The van der Waals surface area contributed by atoms with E-state index in [2.05, 4.69) is 20.7 Å². The van der Waals surface area contributed by atoms with Crippen LogP contribution >= 0.6 is 15.9 Å². The summed E-state index contributed by atoms with van der Waals surface area (Å²) in [6, 6.07) is 0.867. The quantitative estimate of drug-likeness (QED) is 0.596. The van der Waals surface area contributed by atoms with Crippen LogP contribution in [-0.4, -0.2) is 13.4 Å². The van der Waals surface area contributed by atoms with Crippen molar-refractivity contribution in [1.82, 2.24) is 0 Å². The van der Waals surface area contributed by atoms with Gasteiger partial charge in [-0.25, -0.2) is 8.78 Å². The zero-order valence-electron chi connectivity index (χ0n) is 6.61. The van der Waals surface area contributed by atoms with Gasteiger partial charge in [0.15, 0.2) is 17.9 Å². The second-order valence-electron chi connectivity index (χ2n) is 2.22. The molecule has 0 bridgehead atoms. The average molecular weight is 251 g/mol. The van der Waals surface area contributed by atoms with Gasteiger partial charge in [-0.15, -0.1) is 0 Å². The zero-order chi connectivity index (χ0) is 10.0. The number of halogens is 3. The molecule has 2 nitrogen and oxygen atoms in total. The maximum atomic E-state index is 13.2. The fourth-order valence-electron chi connectivity index (χ4n) is 0.852. The first-order valence-electron chi connectivity index (χ1n) is 3.28. The van der Waals surface area contributed by atoms with Crippen molar-refractivity contribution < 1.29 is 18.3 Å². The Balaban J connectivity index is 3.47. The Kier molecular flexibility index (Phi) is 2.98. The van der Waals surface area contributed by atoms with Crippen LogP contribution in [0.5, 0.6) is 5.75 Å². The van der Waals surface area contributed by atoms with E-state index < -0.39 is 11.6 Å². The van der Waals surface area contributed by atoms with Gasteiger partial charge < -0.3 is 4.74 Å². The van der Waals surface area contributed by atoms with E-state index in [4.69, 9.17) is 0 Å². The van der Waals surface area contributed by atoms with E-state index in [0.717, 1.165) is 6.07 Å². The smallest absolute Gasteiger partial charge is 0.176 e. The third kappa shape index (κ3) is 1.70. The number of rotatable bonds is 2. The summed E-state index contributed by atoms with van der Waals surface area (Å²) in [5.74, 6) is -1.89. The van der Waals surface area contributed by atoms with Crippen LogP contribution in [0.4, 0.5) is 8.78 Å². The van der Waals surface area contributed by atoms with Crippen LogP contribution in [0.1, 0.15) is 10.4 Å². The summed E-state index contributed by atoms with van der Waals surface area (Å²) in [5, 5.41) is 0.